The lowest BCUT2D eigenvalue weighted by Gasteiger charge is -2.08. The van der Waals surface area contributed by atoms with Crippen LogP contribution < -0.4 is 10.1 Å². The first-order chi connectivity index (χ1) is 13.1. The number of halogens is 1. The highest BCUT2D eigenvalue weighted by Gasteiger charge is 2.11. The highest BCUT2D eigenvalue weighted by Crippen LogP contribution is 2.30. The molecule has 0 unspecified atom stereocenters. The van der Waals surface area contributed by atoms with E-state index in [4.69, 9.17) is 33.8 Å². The number of nitrogens with zero attached hydrogens (tertiary/aromatic N) is 2. The zero-order valence-electron chi connectivity index (χ0n) is 14.5. The van der Waals surface area contributed by atoms with Crippen LogP contribution in [0.3, 0.4) is 0 Å². The minimum atomic E-state index is 0.599. The summed E-state index contributed by atoms with van der Waals surface area (Å²) in [6.07, 6.45) is 1.40. The number of aryl methyl sites for hydroxylation is 1. The Bertz CT molecular complexity index is 976. The number of ether oxygens (including phenoxy) is 1. The molecule has 0 spiro atoms. The van der Waals surface area contributed by atoms with E-state index in [0.717, 1.165) is 28.4 Å². The molecule has 27 heavy (non-hydrogen) atoms. The lowest BCUT2D eigenvalue weighted by Crippen LogP contribution is -2.11. The van der Waals surface area contributed by atoms with E-state index in [1.165, 1.54) is 11.5 Å². The summed E-state index contributed by atoms with van der Waals surface area (Å²) >= 11 is 13.0. The Morgan fingerprint density at radius 2 is 1.81 bits per heavy atom. The predicted octanol–water partition coefficient (Wildman–Crippen LogP) is 6.00. The number of benzene rings is 2. The molecule has 2 aromatic carbocycles. The van der Waals surface area contributed by atoms with Gasteiger partial charge in [0.15, 0.2) is 0 Å². The van der Waals surface area contributed by atoms with Crippen LogP contribution in [-0.2, 0) is 12.8 Å². The molecule has 0 saturated heterocycles. The highest BCUT2D eigenvalue weighted by atomic mass is 35.5. The van der Waals surface area contributed by atoms with Crippen molar-refractivity contribution >= 4 is 45.3 Å². The molecule has 1 aromatic heterocycles. The quantitative estimate of drug-likeness (QED) is 0.502. The van der Waals surface area contributed by atoms with Crippen molar-refractivity contribution in [1.29, 1.82) is 5.26 Å². The third-order valence-electron chi connectivity index (χ3n) is 3.79. The molecule has 0 radical (unpaired) electrons. The summed E-state index contributed by atoms with van der Waals surface area (Å²) in [7, 11) is 0. The number of nitriles is 1. The van der Waals surface area contributed by atoms with Gasteiger partial charge in [-0.2, -0.15) is 9.64 Å². The van der Waals surface area contributed by atoms with Crippen LogP contribution in [0.5, 0.6) is 11.5 Å². The van der Waals surface area contributed by atoms with E-state index in [9.17, 15) is 0 Å². The second-order valence-corrected chi connectivity index (χ2v) is 7.38. The summed E-state index contributed by atoms with van der Waals surface area (Å²) < 4.78 is 10.1. The first-order valence-corrected chi connectivity index (χ1v) is 9.86. The molecule has 0 saturated carbocycles. The van der Waals surface area contributed by atoms with E-state index in [2.05, 4.69) is 15.8 Å². The van der Waals surface area contributed by atoms with Crippen molar-refractivity contribution in [1.82, 2.24) is 4.37 Å². The first kappa shape index (κ1) is 19.3. The monoisotopic (exact) mass is 413 g/mol. The van der Waals surface area contributed by atoms with E-state index < -0.39 is 0 Å². The number of aromatic nitrogens is 1. The molecule has 0 aliphatic carbocycles. The lowest BCUT2D eigenvalue weighted by molar-refractivity contribution is 0.482. The van der Waals surface area contributed by atoms with Crippen molar-refractivity contribution in [3.8, 4) is 17.6 Å². The van der Waals surface area contributed by atoms with Crippen LogP contribution in [0.1, 0.15) is 23.7 Å². The Morgan fingerprint density at radius 3 is 2.37 bits per heavy atom. The largest absolute Gasteiger partial charge is 0.457 e. The van der Waals surface area contributed by atoms with Gasteiger partial charge < -0.3 is 10.1 Å². The van der Waals surface area contributed by atoms with Gasteiger partial charge in [-0.3, -0.25) is 0 Å². The SMILES string of the molecule is CCc1nsc(NC(=S)Cc2ccc(Oc3ccc(C#N)cc3)cc2)c1Cl. The van der Waals surface area contributed by atoms with Gasteiger partial charge in [-0.25, -0.2) is 0 Å². The topological polar surface area (TPSA) is 57.9 Å². The molecule has 136 valence electrons. The van der Waals surface area contributed by atoms with Gasteiger partial charge in [0.1, 0.15) is 16.5 Å². The fraction of sp³-hybridized carbons (Fsp3) is 0.150. The van der Waals surface area contributed by atoms with Crippen LogP contribution in [0.4, 0.5) is 5.00 Å². The number of nitrogens with one attached hydrogen (secondary N) is 1. The van der Waals surface area contributed by atoms with Crippen molar-refractivity contribution in [3.63, 3.8) is 0 Å². The van der Waals surface area contributed by atoms with Crippen LogP contribution >= 0.6 is 35.4 Å². The van der Waals surface area contributed by atoms with E-state index in [-0.39, 0.29) is 0 Å². The van der Waals surface area contributed by atoms with E-state index in [1.54, 1.807) is 24.3 Å². The Kier molecular flexibility index (Phi) is 6.40. The van der Waals surface area contributed by atoms with Crippen molar-refractivity contribution in [2.75, 3.05) is 5.32 Å². The first-order valence-electron chi connectivity index (χ1n) is 8.30. The maximum absolute atomic E-state index is 8.83. The summed E-state index contributed by atoms with van der Waals surface area (Å²) in [5, 5.41) is 13.4. The summed E-state index contributed by atoms with van der Waals surface area (Å²) in [5.74, 6) is 1.41. The lowest BCUT2D eigenvalue weighted by atomic mass is 10.1. The number of thiocarbonyl (C=S) groups is 1. The molecule has 3 aromatic rings. The van der Waals surface area contributed by atoms with Crippen molar-refractivity contribution < 1.29 is 4.74 Å². The van der Waals surface area contributed by atoms with Crippen LogP contribution in [0.2, 0.25) is 5.02 Å². The molecular weight excluding hydrogens is 398 g/mol. The van der Waals surface area contributed by atoms with Crippen molar-refractivity contribution in [2.24, 2.45) is 0 Å². The van der Waals surface area contributed by atoms with Gasteiger partial charge >= 0.3 is 0 Å². The van der Waals surface area contributed by atoms with Crippen LogP contribution in [0, 0.1) is 11.3 Å². The van der Waals surface area contributed by atoms with Gasteiger partial charge in [-0.05, 0) is 59.9 Å². The number of hydrogen-bond acceptors (Lipinski definition) is 5. The van der Waals surface area contributed by atoms with Crippen LogP contribution in [0.25, 0.3) is 0 Å². The third-order valence-corrected chi connectivity index (χ3v) is 5.36. The average Bonchev–Trinajstić information content (AvgIpc) is 3.03. The van der Waals surface area contributed by atoms with E-state index >= 15 is 0 Å². The molecular formula is C20H16ClN3OS2. The molecule has 3 rings (SSSR count). The molecule has 0 amide bonds. The van der Waals surface area contributed by atoms with Gasteiger partial charge in [-0.15, -0.1) is 0 Å². The number of rotatable bonds is 6. The Balaban J connectivity index is 1.58. The Morgan fingerprint density at radius 1 is 1.19 bits per heavy atom. The molecule has 0 bridgehead atoms. The minimum Gasteiger partial charge on any atom is -0.457 e. The standard InChI is InChI=1S/C20H16ClN3OS2/c1-2-17-19(21)20(27-24-17)23-18(26)11-13-3-7-15(8-4-13)25-16-9-5-14(12-22)6-10-16/h3-10H,2,11H2,1H3,(H,23,26). The third kappa shape index (κ3) is 5.04. The number of anilines is 1. The Labute approximate surface area is 172 Å². The second-order valence-electron chi connectivity index (χ2n) is 5.73. The zero-order valence-corrected chi connectivity index (χ0v) is 16.9. The van der Waals surface area contributed by atoms with Crippen LogP contribution in [0.15, 0.2) is 48.5 Å². The average molecular weight is 414 g/mol. The van der Waals surface area contributed by atoms with E-state index in [0.29, 0.717) is 27.7 Å². The fourth-order valence-corrected chi connectivity index (χ4v) is 3.87. The van der Waals surface area contributed by atoms with Gasteiger partial charge in [0, 0.05) is 6.42 Å². The predicted molar refractivity (Wildman–Crippen MR) is 114 cm³/mol. The molecule has 0 atom stereocenters. The zero-order chi connectivity index (χ0) is 19.2. The second kappa shape index (κ2) is 8.96. The summed E-state index contributed by atoms with van der Waals surface area (Å²) in [6.45, 7) is 2.02. The van der Waals surface area contributed by atoms with Crippen LogP contribution in [-0.4, -0.2) is 9.36 Å². The molecule has 0 fully saturated rings. The minimum absolute atomic E-state index is 0.599. The Hall–Kier alpha value is -2.46. The normalized spacial score (nSPS) is 10.3. The van der Waals surface area contributed by atoms with Crippen molar-refractivity contribution in [3.05, 3.63) is 70.4 Å². The van der Waals surface area contributed by atoms with Gasteiger partial charge in [0.05, 0.1) is 27.3 Å². The highest BCUT2D eigenvalue weighted by molar-refractivity contribution is 7.80. The fourth-order valence-electron chi connectivity index (χ4n) is 2.37. The number of hydrogen-bond donors (Lipinski definition) is 1. The van der Waals surface area contributed by atoms with Gasteiger partial charge in [0.2, 0.25) is 0 Å². The maximum Gasteiger partial charge on any atom is 0.133 e. The van der Waals surface area contributed by atoms with Gasteiger partial charge in [0.25, 0.3) is 0 Å². The summed E-state index contributed by atoms with van der Waals surface area (Å²) in [4.78, 5) is 0.684. The molecule has 4 nitrogen and oxygen atoms in total. The molecule has 1 heterocycles. The molecule has 0 aliphatic heterocycles. The smallest absolute Gasteiger partial charge is 0.133 e. The maximum atomic E-state index is 8.83. The van der Waals surface area contributed by atoms with Gasteiger partial charge in [-0.1, -0.05) is 42.9 Å². The molecule has 7 heteroatoms. The summed E-state index contributed by atoms with van der Waals surface area (Å²) in [6, 6.07) is 16.8. The molecule has 1 N–H and O–H groups in total. The summed E-state index contributed by atoms with van der Waals surface area (Å²) in [5.41, 5.74) is 2.55. The van der Waals surface area contributed by atoms with E-state index in [1.807, 2.05) is 31.2 Å². The van der Waals surface area contributed by atoms with Crippen molar-refractivity contribution in [2.45, 2.75) is 19.8 Å². The molecule has 0 aliphatic rings.